The topological polar surface area (TPSA) is 67.2 Å². The van der Waals surface area contributed by atoms with Gasteiger partial charge in [0.05, 0.1) is 6.33 Å². The van der Waals surface area contributed by atoms with E-state index in [0.717, 1.165) is 43.6 Å². The summed E-state index contributed by atoms with van der Waals surface area (Å²) in [5.41, 5.74) is 1.17. The second-order valence-corrected chi connectivity index (χ2v) is 7.00. The van der Waals surface area contributed by atoms with Crippen LogP contribution in [0.5, 0.6) is 0 Å². The van der Waals surface area contributed by atoms with Crippen LogP contribution in [-0.2, 0) is 7.05 Å². The van der Waals surface area contributed by atoms with E-state index >= 15 is 0 Å². The molecule has 1 saturated carbocycles. The molecule has 7 nitrogen and oxygen atoms in total. The van der Waals surface area contributed by atoms with Gasteiger partial charge in [-0.15, -0.1) is 0 Å². The lowest BCUT2D eigenvalue weighted by Gasteiger charge is -2.36. The van der Waals surface area contributed by atoms with Gasteiger partial charge >= 0.3 is 0 Å². The Balaban J connectivity index is 1.47. The molecule has 2 aromatic rings. The van der Waals surface area contributed by atoms with Crippen LogP contribution in [0.1, 0.15) is 36.7 Å². The largest absolute Gasteiger partial charge is 0.353 e. The van der Waals surface area contributed by atoms with E-state index in [2.05, 4.69) is 30.8 Å². The summed E-state index contributed by atoms with van der Waals surface area (Å²) in [6, 6.07) is 3.78. The van der Waals surface area contributed by atoms with Crippen molar-refractivity contribution in [3.05, 3.63) is 40.3 Å². The molecule has 2 aliphatic rings. The molecule has 25 heavy (non-hydrogen) atoms. The quantitative estimate of drug-likeness (QED) is 0.843. The van der Waals surface area contributed by atoms with Gasteiger partial charge in [-0.2, -0.15) is 0 Å². The summed E-state index contributed by atoms with van der Waals surface area (Å²) in [6.45, 7) is 5.39. The highest BCUT2D eigenvalue weighted by Gasteiger charge is 2.24. The molecule has 0 N–H and O–H groups in total. The predicted octanol–water partition coefficient (Wildman–Crippen LogP) is 1.47. The molecule has 0 radical (unpaired) electrons. The Bertz CT molecular complexity index is 821. The van der Waals surface area contributed by atoms with Crippen molar-refractivity contribution in [3.8, 4) is 0 Å². The van der Waals surface area contributed by atoms with Gasteiger partial charge in [-0.1, -0.05) is 6.42 Å². The van der Waals surface area contributed by atoms with E-state index in [1.807, 2.05) is 6.92 Å². The number of aryl methyl sites for hydroxylation is 2. The van der Waals surface area contributed by atoms with Crippen LogP contribution >= 0.6 is 0 Å². The van der Waals surface area contributed by atoms with Gasteiger partial charge in [0.1, 0.15) is 17.5 Å². The summed E-state index contributed by atoms with van der Waals surface area (Å²) in [5.74, 6) is 3.27. The van der Waals surface area contributed by atoms with E-state index < -0.39 is 0 Å². The molecule has 0 unspecified atom stereocenters. The van der Waals surface area contributed by atoms with Crippen LogP contribution < -0.4 is 15.4 Å². The molecule has 0 atom stereocenters. The van der Waals surface area contributed by atoms with Crippen LogP contribution in [0.2, 0.25) is 0 Å². The first-order valence-corrected chi connectivity index (χ1v) is 8.98. The highest BCUT2D eigenvalue weighted by atomic mass is 16.1. The minimum Gasteiger partial charge on any atom is -0.353 e. The van der Waals surface area contributed by atoms with Crippen LogP contribution in [-0.4, -0.2) is 45.7 Å². The molecule has 1 saturated heterocycles. The zero-order valence-corrected chi connectivity index (χ0v) is 14.9. The Morgan fingerprint density at radius 1 is 1.00 bits per heavy atom. The second kappa shape index (κ2) is 6.46. The fourth-order valence-electron chi connectivity index (χ4n) is 3.44. The van der Waals surface area contributed by atoms with E-state index in [4.69, 9.17) is 0 Å². The SMILES string of the molecule is Cc1nc(C2CCC2)cc(N2CCN(c3cc(=O)n(C)cn3)CC2)n1. The van der Waals surface area contributed by atoms with Gasteiger partial charge in [0.15, 0.2) is 0 Å². The number of piperazine rings is 1. The average molecular weight is 340 g/mol. The van der Waals surface area contributed by atoms with Gasteiger partial charge in [0, 0.05) is 57.0 Å². The Morgan fingerprint density at radius 2 is 1.68 bits per heavy atom. The molecule has 1 aliphatic heterocycles. The van der Waals surface area contributed by atoms with Crippen molar-refractivity contribution >= 4 is 11.6 Å². The summed E-state index contributed by atoms with van der Waals surface area (Å²) < 4.78 is 1.49. The highest BCUT2D eigenvalue weighted by molar-refractivity contribution is 5.45. The van der Waals surface area contributed by atoms with Gasteiger partial charge in [-0.3, -0.25) is 4.79 Å². The van der Waals surface area contributed by atoms with Crippen molar-refractivity contribution in [2.24, 2.45) is 7.05 Å². The predicted molar refractivity (Wildman–Crippen MR) is 97.3 cm³/mol. The number of hydrogen-bond acceptors (Lipinski definition) is 6. The van der Waals surface area contributed by atoms with E-state index in [0.29, 0.717) is 5.92 Å². The molecule has 7 heteroatoms. The molecule has 3 heterocycles. The normalized spacial score (nSPS) is 18.3. The van der Waals surface area contributed by atoms with E-state index in [9.17, 15) is 4.79 Å². The second-order valence-electron chi connectivity index (χ2n) is 7.00. The molecule has 0 spiro atoms. The Kier molecular flexibility index (Phi) is 4.15. The third-order valence-corrected chi connectivity index (χ3v) is 5.26. The fraction of sp³-hybridized carbons (Fsp3) is 0.556. The average Bonchev–Trinajstić information content (AvgIpc) is 2.55. The molecule has 1 aliphatic carbocycles. The third kappa shape index (κ3) is 3.23. The first kappa shape index (κ1) is 16.1. The van der Waals surface area contributed by atoms with Crippen molar-refractivity contribution in [3.63, 3.8) is 0 Å². The fourth-order valence-corrected chi connectivity index (χ4v) is 3.44. The van der Waals surface area contributed by atoms with Crippen LogP contribution in [0.25, 0.3) is 0 Å². The Hall–Kier alpha value is -2.44. The van der Waals surface area contributed by atoms with Crippen LogP contribution in [0.3, 0.4) is 0 Å². The monoisotopic (exact) mass is 340 g/mol. The summed E-state index contributed by atoms with van der Waals surface area (Å²) in [6.07, 6.45) is 5.39. The molecule has 0 aromatic carbocycles. The summed E-state index contributed by atoms with van der Waals surface area (Å²) in [4.78, 5) is 29.9. The highest BCUT2D eigenvalue weighted by Crippen LogP contribution is 2.36. The number of hydrogen-bond donors (Lipinski definition) is 0. The first-order valence-electron chi connectivity index (χ1n) is 8.98. The molecule has 0 bridgehead atoms. The van der Waals surface area contributed by atoms with Crippen LogP contribution in [0.15, 0.2) is 23.3 Å². The number of nitrogens with zero attached hydrogens (tertiary/aromatic N) is 6. The molecule has 0 amide bonds. The standard InChI is InChI=1S/C18H24N6O/c1-13-20-15(14-4-3-5-14)10-17(21-13)24-8-6-23(7-9-24)16-11-18(25)22(2)12-19-16/h10-12,14H,3-9H2,1-2H3. The smallest absolute Gasteiger partial charge is 0.255 e. The number of anilines is 2. The summed E-state index contributed by atoms with van der Waals surface area (Å²) in [5, 5.41) is 0. The van der Waals surface area contributed by atoms with E-state index in [1.165, 1.54) is 29.5 Å². The van der Waals surface area contributed by atoms with Crippen molar-refractivity contribution < 1.29 is 0 Å². The van der Waals surface area contributed by atoms with Crippen molar-refractivity contribution in [2.45, 2.75) is 32.1 Å². The molecule has 132 valence electrons. The molecule has 2 fully saturated rings. The van der Waals surface area contributed by atoms with Crippen LogP contribution in [0, 0.1) is 6.92 Å². The lowest BCUT2D eigenvalue weighted by Crippen LogP contribution is -2.47. The van der Waals surface area contributed by atoms with E-state index in [-0.39, 0.29) is 5.56 Å². The molecule has 4 rings (SSSR count). The number of rotatable bonds is 3. The minimum absolute atomic E-state index is 0.0241. The van der Waals surface area contributed by atoms with Crippen LogP contribution in [0.4, 0.5) is 11.6 Å². The minimum atomic E-state index is -0.0241. The number of aromatic nitrogens is 4. The third-order valence-electron chi connectivity index (χ3n) is 5.26. The maximum Gasteiger partial charge on any atom is 0.255 e. The maximum absolute atomic E-state index is 11.8. The molecular formula is C18H24N6O. The van der Waals surface area contributed by atoms with Gasteiger partial charge < -0.3 is 14.4 Å². The molecular weight excluding hydrogens is 316 g/mol. The molecule has 2 aromatic heterocycles. The van der Waals surface area contributed by atoms with E-state index in [1.54, 1.807) is 19.4 Å². The lowest BCUT2D eigenvalue weighted by molar-refractivity contribution is 0.410. The maximum atomic E-state index is 11.8. The van der Waals surface area contributed by atoms with Gasteiger partial charge in [-0.05, 0) is 19.8 Å². The van der Waals surface area contributed by atoms with Gasteiger partial charge in [-0.25, -0.2) is 15.0 Å². The summed E-state index contributed by atoms with van der Waals surface area (Å²) >= 11 is 0. The first-order chi connectivity index (χ1) is 12.1. The van der Waals surface area contributed by atoms with Gasteiger partial charge in [0.25, 0.3) is 5.56 Å². The lowest BCUT2D eigenvalue weighted by atomic mass is 9.83. The van der Waals surface area contributed by atoms with Crippen molar-refractivity contribution in [2.75, 3.05) is 36.0 Å². The Morgan fingerprint density at radius 3 is 2.28 bits per heavy atom. The zero-order chi connectivity index (χ0) is 17.4. The zero-order valence-electron chi connectivity index (χ0n) is 14.9. The summed E-state index contributed by atoms with van der Waals surface area (Å²) in [7, 11) is 1.72. The van der Waals surface area contributed by atoms with Gasteiger partial charge in [0.2, 0.25) is 0 Å². The Labute approximate surface area is 147 Å². The van der Waals surface area contributed by atoms with Crippen molar-refractivity contribution in [1.29, 1.82) is 0 Å². The van der Waals surface area contributed by atoms with Crippen molar-refractivity contribution in [1.82, 2.24) is 19.5 Å².